The first kappa shape index (κ1) is 19.1. The Hall–Kier alpha value is -1.26. The highest BCUT2D eigenvalue weighted by Gasteiger charge is 2.34. The number of benzene rings is 1. The molecule has 0 radical (unpaired) electrons. The third kappa shape index (κ3) is 4.78. The first-order valence-electron chi connectivity index (χ1n) is 10.6. The quantitative estimate of drug-likeness (QED) is 0.645. The third-order valence-electron chi connectivity index (χ3n) is 6.84. The molecule has 4 heteroatoms. The Bertz CT molecular complexity index is 638. The van der Waals surface area contributed by atoms with Crippen molar-refractivity contribution in [3.63, 3.8) is 0 Å². The molecule has 1 saturated heterocycles. The van der Waals surface area contributed by atoms with Crippen molar-refractivity contribution in [2.24, 2.45) is 23.7 Å². The summed E-state index contributed by atoms with van der Waals surface area (Å²) in [7, 11) is 0. The normalized spacial score (nSPS) is 33.0. The lowest BCUT2D eigenvalue weighted by Crippen LogP contribution is -2.30. The van der Waals surface area contributed by atoms with Crippen LogP contribution in [-0.4, -0.2) is 19.5 Å². The van der Waals surface area contributed by atoms with E-state index in [2.05, 4.69) is 6.08 Å². The van der Waals surface area contributed by atoms with Gasteiger partial charge in [-0.1, -0.05) is 18.2 Å². The standard InChI is InChI=1S/C23H30F2O2/c24-21-12-5-17(15-22(21)25)2-1-16-3-6-18(7-4-16)19-8-10-20(11-9-19)23-26-13-14-27-23/h1-2,5,12,15-16,18-20,23H,3-4,6-11,13-14H2/t16-,18-,19-,20-. The first-order chi connectivity index (χ1) is 13.2. The van der Waals surface area contributed by atoms with Crippen LogP contribution >= 0.6 is 0 Å². The minimum absolute atomic E-state index is 0.0584. The van der Waals surface area contributed by atoms with E-state index in [1.807, 2.05) is 6.08 Å². The summed E-state index contributed by atoms with van der Waals surface area (Å²) >= 11 is 0. The molecule has 2 aliphatic carbocycles. The second kappa shape index (κ2) is 8.83. The molecule has 148 valence electrons. The fourth-order valence-electron chi connectivity index (χ4n) is 5.21. The van der Waals surface area contributed by atoms with Gasteiger partial charge in [-0.3, -0.25) is 0 Å². The minimum atomic E-state index is -0.784. The topological polar surface area (TPSA) is 18.5 Å². The molecule has 1 heterocycles. The minimum Gasteiger partial charge on any atom is -0.350 e. The first-order valence-corrected chi connectivity index (χ1v) is 10.6. The lowest BCUT2D eigenvalue weighted by Gasteiger charge is -2.38. The van der Waals surface area contributed by atoms with Crippen molar-refractivity contribution in [2.45, 2.75) is 57.7 Å². The molecule has 2 nitrogen and oxygen atoms in total. The van der Waals surface area contributed by atoms with Crippen molar-refractivity contribution >= 4 is 6.08 Å². The molecule has 4 rings (SSSR count). The van der Waals surface area contributed by atoms with E-state index in [-0.39, 0.29) is 6.29 Å². The van der Waals surface area contributed by atoms with E-state index in [4.69, 9.17) is 9.47 Å². The molecule has 3 aliphatic rings. The van der Waals surface area contributed by atoms with Gasteiger partial charge in [-0.2, -0.15) is 0 Å². The Kier molecular flexibility index (Phi) is 6.24. The van der Waals surface area contributed by atoms with E-state index in [1.165, 1.54) is 63.5 Å². The molecular weight excluding hydrogens is 346 g/mol. The molecule has 0 bridgehead atoms. The Morgan fingerprint density at radius 1 is 0.741 bits per heavy atom. The molecule has 0 aromatic heterocycles. The van der Waals surface area contributed by atoms with Crippen molar-refractivity contribution in [2.75, 3.05) is 13.2 Å². The van der Waals surface area contributed by atoms with Gasteiger partial charge in [0.1, 0.15) is 0 Å². The van der Waals surface area contributed by atoms with Crippen LogP contribution in [0, 0.1) is 35.3 Å². The molecule has 1 aromatic rings. The maximum Gasteiger partial charge on any atom is 0.160 e. The molecule has 1 aromatic carbocycles. The van der Waals surface area contributed by atoms with Crippen molar-refractivity contribution < 1.29 is 18.3 Å². The smallest absolute Gasteiger partial charge is 0.160 e. The third-order valence-corrected chi connectivity index (χ3v) is 6.84. The van der Waals surface area contributed by atoms with E-state index in [1.54, 1.807) is 6.07 Å². The highest BCUT2D eigenvalue weighted by Crippen LogP contribution is 2.43. The molecule has 0 unspecified atom stereocenters. The Morgan fingerprint density at radius 3 is 1.96 bits per heavy atom. The maximum absolute atomic E-state index is 13.3. The number of halogens is 2. The largest absolute Gasteiger partial charge is 0.350 e. The van der Waals surface area contributed by atoms with Crippen molar-refractivity contribution in [3.05, 3.63) is 41.5 Å². The van der Waals surface area contributed by atoms with Crippen molar-refractivity contribution in [1.29, 1.82) is 0 Å². The Labute approximate surface area is 160 Å². The summed E-state index contributed by atoms with van der Waals surface area (Å²) in [6.07, 6.45) is 14.3. The zero-order valence-corrected chi connectivity index (χ0v) is 15.9. The summed E-state index contributed by atoms with van der Waals surface area (Å²) in [6.45, 7) is 1.51. The zero-order chi connectivity index (χ0) is 18.6. The second-order valence-electron chi connectivity index (χ2n) is 8.49. The van der Waals surface area contributed by atoms with Crippen LogP contribution in [0.5, 0.6) is 0 Å². The average Bonchev–Trinajstić information content (AvgIpc) is 3.24. The molecule has 1 aliphatic heterocycles. The highest BCUT2D eigenvalue weighted by molar-refractivity contribution is 5.49. The van der Waals surface area contributed by atoms with E-state index in [0.717, 1.165) is 30.6 Å². The molecule has 0 atom stereocenters. The van der Waals surface area contributed by atoms with Crippen LogP contribution in [-0.2, 0) is 9.47 Å². The van der Waals surface area contributed by atoms with Crippen LogP contribution in [0.15, 0.2) is 24.3 Å². The molecule has 0 amide bonds. The highest BCUT2D eigenvalue weighted by atomic mass is 19.2. The molecule has 3 fully saturated rings. The van der Waals surface area contributed by atoms with Gasteiger partial charge in [0.05, 0.1) is 13.2 Å². The van der Waals surface area contributed by atoms with Crippen molar-refractivity contribution in [1.82, 2.24) is 0 Å². The summed E-state index contributed by atoms with van der Waals surface area (Å²) in [5.74, 6) is 1.31. The predicted molar refractivity (Wildman–Crippen MR) is 102 cm³/mol. The zero-order valence-electron chi connectivity index (χ0n) is 15.9. The van der Waals surface area contributed by atoms with Crippen LogP contribution in [0.3, 0.4) is 0 Å². The molecule has 0 spiro atoms. The van der Waals surface area contributed by atoms with Gasteiger partial charge in [0.2, 0.25) is 0 Å². The summed E-state index contributed by atoms with van der Waals surface area (Å²) in [5, 5.41) is 0. The number of hydrogen-bond acceptors (Lipinski definition) is 2. The summed E-state index contributed by atoms with van der Waals surface area (Å²) in [6, 6.07) is 4.11. The van der Waals surface area contributed by atoms with Gasteiger partial charge < -0.3 is 9.47 Å². The molecule has 27 heavy (non-hydrogen) atoms. The van der Waals surface area contributed by atoms with E-state index >= 15 is 0 Å². The van der Waals surface area contributed by atoms with Gasteiger partial charge in [0.15, 0.2) is 17.9 Å². The van der Waals surface area contributed by atoms with Crippen LogP contribution in [0.25, 0.3) is 6.08 Å². The summed E-state index contributed by atoms with van der Waals surface area (Å²) in [5.41, 5.74) is 0.741. The van der Waals surface area contributed by atoms with Crippen LogP contribution in [0.1, 0.15) is 56.9 Å². The van der Waals surface area contributed by atoms with Gasteiger partial charge >= 0.3 is 0 Å². The predicted octanol–water partition coefficient (Wildman–Crippen LogP) is 5.96. The van der Waals surface area contributed by atoms with E-state index < -0.39 is 11.6 Å². The van der Waals surface area contributed by atoms with Gasteiger partial charge in [0, 0.05) is 5.92 Å². The van der Waals surface area contributed by atoms with E-state index in [0.29, 0.717) is 11.8 Å². The maximum atomic E-state index is 13.3. The summed E-state index contributed by atoms with van der Waals surface area (Å²) in [4.78, 5) is 0. The van der Waals surface area contributed by atoms with Gasteiger partial charge in [-0.05, 0) is 86.8 Å². The van der Waals surface area contributed by atoms with Crippen LogP contribution < -0.4 is 0 Å². The number of rotatable bonds is 4. The van der Waals surface area contributed by atoms with Crippen LogP contribution in [0.4, 0.5) is 8.78 Å². The fraction of sp³-hybridized carbons (Fsp3) is 0.652. The number of hydrogen-bond donors (Lipinski definition) is 0. The molecule has 2 saturated carbocycles. The second-order valence-corrected chi connectivity index (χ2v) is 8.49. The lowest BCUT2D eigenvalue weighted by atomic mass is 9.69. The van der Waals surface area contributed by atoms with Crippen molar-refractivity contribution in [3.8, 4) is 0 Å². The van der Waals surface area contributed by atoms with Gasteiger partial charge in [0.25, 0.3) is 0 Å². The average molecular weight is 376 g/mol. The molecule has 0 N–H and O–H groups in total. The van der Waals surface area contributed by atoms with Crippen LogP contribution in [0.2, 0.25) is 0 Å². The Balaban J connectivity index is 1.22. The SMILES string of the molecule is Fc1ccc(C=C[C@H]2CC[C@H]([C@H]3CC[C@H](C4OCCO4)CC3)CC2)cc1F. The van der Waals surface area contributed by atoms with Gasteiger partial charge in [-0.15, -0.1) is 0 Å². The Morgan fingerprint density at radius 2 is 1.33 bits per heavy atom. The number of allylic oxidation sites excluding steroid dienone is 1. The van der Waals surface area contributed by atoms with E-state index in [9.17, 15) is 8.78 Å². The van der Waals surface area contributed by atoms with Gasteiger partial charge in [-0.25, -0.2) is 8.78 Å². The lowest BCUT2D eigenvalue weighted by molar-refractivity contribution is -0.0972. The number of ether oxygens (including phenoxy) is 2. The monoisotopic (exact) mass is 376 g/mol. The molecular formula is C23H30F2O2. The summed E-state index contributed by atoms with van der Waals surface area (Å²) < 4.78 is 37.7. The fourth-order valence-corrected chi connectivity index (χ4v) is 5.21.